The number of aromatic nitrogens is 2. The van der Waals surface area contributed by atoms with Gasteiger partial charge in [-0.25, -0.2) is 9.78 Å². The average Bonchev–Trinajstić information content (AvgIpc) is 2.88. The normalized spacial score (nSPS) is 16.7. The van der Waals surface area contributed by atoms with Gasteiger partial charge in [0.25, 0.3) is 0 Å². The molecule has 2 aromatic rings. The van der Waals surface area contributed by atoms with E-state index in [0.29, 0.717) is 0 Å². The first-order chi connectivity index (χ1) is 8.86. The molecular formula is C14H13N3O. The highest BCUT2D eigenvalue weighted by molar-refractivity contribution is 5.49. The summed E-state index contributed by atoms with van der Waals surface area (Å²) < 4.78 is 1.95. The number of hydrogen-bond acceptors (Lipinski definition) is 3. The van der Waals surface area contributed by atoms with Crippen molar-refractivity contribution in [2.75, 3.05) is 0 Å². The molecule has 0 aliphatic heterocycles. The third-order valence-electron chi connectivity index (χ3n) is 3.63. The summed E-state index contributed by atoms with van der Waals surface area (Å²) in [6.07, 6.45) is 10.1. The van der Waals surface area contributed by atoms with E-state index < -0.39 is 0 Å². The van der Waals surface area contributed by atoms with E-state index in [2.05, 4.69) is 9.98 Å². The number of benzene rings is 1. The van der Waals surface area contributed by atoms with Crippen molar-refractivity contribution in [1.29, 1.82) is 0 Å². The van der Waals surface area contributed by atoms with Crippen molar-refractivity contribution in [3.8, 4) is 5.69 Å². The van der Waals surface area contributed by atoms with Crippen molar-refractivity contribution >= 4 is 6.08 Å². The molecule has 0 bridgehead atoms. The first-order valence-electron chi connectivity index (χ1n) is 6.03. The Morgan fingerprint density at radius 3 is 2.78 bits per heavy atom. The van der Waals surface area contributed by atoms with Crippen molar-refractivity contribution in [2.45, 2.75) is 24.8 Å². The Morgan fingerprint density at radius 2 is 2.17 bits per heavy atom. The van der Waals surface area contributed by atoms with Crippen LogP contribution in [0, 0.1) is 0 Å². The predicted octanol–water partition coefficient (Wildman–Crippen LogP) is 2.59. The maximum Gasteiger partial charge on any atom is 0.235 e. The molecule has 1 fully saturated rings. The molecule has 1 saturated carbocycles. The molecular weight excluding hydrogens is 226 g/mol. The molecule has 0 atom stereocenters. The molecule has 1 aliphatic carbocycles. The van der Waals surface area contributed by atoms with Crippen LogP contribution in [0.1, 0.15) is 24.8 Å². The molecule has 18 heavy (non-hydrogen) atoms. The lowest BCUT2D eigenvalue weighted by Gasteiger charge is -2.38. The van der Waals surface area contributed by atoms with E-state index >= 15 is 0 Å². The summed E-state index contributed by atoms with van der Waals surface area (Å²) in [4.78, 5) is 18.8. The molecule has 0 spiro atoms. The molecule has 4 nitrogen and oxygen atoms in total. The SMILES string of the molecule is O=C=NC1(c2ccccc2-n2ccnc2)CCC1. The van der Waals surface area contributed by atoms with Crippen LogP contribution in [-0.2, 0) is 10.3 Å². The molecule has 90 valence electrons. The Kier molecular flexibility index (Phi) is 2.58. The number of isocyanates is 1. The zero-order chi connectivity index (χ0) is 12.4. The van der Waals surface area contributed by atoms with E-state index in [0.717, 1.165) is 30.5 Å². The van der Waals surface area contributed by atoms with E-state index in [1.54, 1.807) is 18.6 Å². The van der Waals surface area contributed by atoms with Crippen LogP contribution >= 0.6 is 0 Å². The highest BCUT2D eigenvalue weighted by Gasteiger charge is 2.40. The predicted molar refractivity (Wildman–Crippen MR) is 67.2 cm³/mol. The zero-order valence-corrected chi connectivity index (χ0v) is 9.91. The van der Waals surface area contributed by atoms with Gasteiger partial charge in [-0.3, -0.25) is 0 Å². The van der Waals surface area contributed by atoms with Gasteiger partial charge in [0.15, 0.2) is 0 Å². The van der Waals surface area contributed by atoms with Gasteiger partial charge in [-0.1, -0.05) is 18.2 Å². The van der Waals surface area contributed by atoms with E-state index in [-0.39, 0.29) is 5.54 Å². The summed E-state index contributed by atoms with van der Waals surface area (Å²) in [5, 5.41) is 0. The lowest BCUT2D eigenvalue weighted by molar-refractivity contribution is 0.255. The van der Waals surface area contributed by atoms with Crippen molar-refractivity contribution in [1.82, 2.24) is 9.55 Å². The van der Waals surface area contributed by atoms with Gasteiger partial charge in [0.05, 0.1) is 12.0 Å². The minimum absolute atomic E-state index is 0.372. The number of aliphatic imine (C=N–C) groups is 1. The van der Waals surface area contributed by atoms with Gasteiger partial charge >= 0.3 is 0 Å². The number of nitrogens with zero attached hydrogens (tertiary/aromatic N) is 3. The molecule has 0 saturated heterocycles. The fourth-order valence-electron chi connectivity index (χ4n) is 2.53. The van der Waals surface area contributed by atoms with Crippen LogP contribution in [0.25, 0.3) is 5.69 Å². The molecule has 1 heterocycles. The van der Waals surface area contributed by atoms with Crippen molar-refractivity contribution in [3.63, 3.8) is 0 Å². The van der Waals surface area contributed by atoms with Crippen LogP contribution in [-0.4, -0.2) is 15.6 Å². The number of para-hydroxylation sites is 1. The molecule has 3 rings (SSSR count). The van der Waals surface area contributed by atoms with Gasteiger partial charge < -0.3 is 4.57 Å². The first kappa shape index (κ1) is 10.9. The largest absolute Gasteiger partial charge is 0.306 e. The van der Waals surface area contributed by atoms with Crippen LogP contribution in [0.5, 0.6) is 0 Å². The topological polar surface area (TPSA) is 47.2 Å². The Morgan fingerprint density at radius 1 is 1.33 bits per heavy atom. The van der Waals surface area contributed by atoms with Gasteiger partial charge in [-0.2, -0.15) is 4.99 Å². The Hall–Kier alpha value is -2.19. The van der Waals surface area contributed by atoms with Crippen LogP contribution in [0.2, 0.25) is 0 Å². The third-order valence-corrected chi connectivity index (χ3v) is 3.63. The fraction of sp³-hybridized carbons (Fsp3) is 0.286. The van der Waals surface area contributed by atoms with Gasteiger partial charge in [0.2, 0.25) is 6.08 Å². The van der Waals surface area contributed by atoms with Gasteiger partial charge in [0.1, 0.15) is 5.54 Å². The molecule has 0 N–H and O–H groups in total. The van der Waals surface area contributed by atoms with Gasteiger partial charge in [0, 0.05) is 18.0 Å². The van der Waals surface area contributed by atoms with E-state index in [9.17, 15) is 4.79 Å². The number of rotatable bonds is 3. The van der Waals surface area contributed by atoms with E-state index in [1.807, 2.05) is 35.0 Å². The number of hydrogen-bond donors (Lipinski definition) is 0. The fourth-order valence-corrected chi connectivity index (χ4v) is 2.53. The molecule has 0 radical (unpaired) electrons. The summed E-state index contributed by atoms with van der Waals surface area (Å²) in [5.41, 5.74) is 1.74. The highest BCUT2D eigenvalue weighted by Crippen LogP contribution is 2.46. The van der Waals surface area contributed by atoms with Gasteiger partial charge in [-0.05, 0) is 25.3 Å². The van der Waals surface area contributed by atoms with Crippen LogP contribution < -0.4 is 0 Å². The summed E-state index contributed by atoms with van der Waals surface area (Å²) in [6, 6.07) is 8.03. The Labute approximate surface area is 105 Å². The summed E-state index contributed by atoms with van der Waals surface area (Å²) in [7, 11) is 0. The standard InChI is InChI=1S/C14H13N3O/c18-11-16-14(6-3-7-14)12-4-1-2-5-13(12)17-9-8-15-10-17/h1-2,4-5,8-10H,3,6-7H2. The van der Waals surface area contributed by atoms with E-state index in [4.69, 9.17) is 0 Å². The quantitative estimate of drug-likeness (QED) is 0.610. The number of carbonyl (C=O) groups excluding carboxylic acids is 1. The van der Waals surface area contributed by atoms with Crippen LogP contribution in [0.4, 0.5) is 0 Å². The second kappa shape index (κ2) is 4.24. The third kappa shape index (κ3) is 1.59. The maximum absolute atomic E-state index is 10.7. The van der Waals surface area contributed by atoms with Crippen molar-refractivity contribution in [2.24, 2.45) is 4.99 Å². The minimum Gasteiger partial charge on any atom is -0.306 e. The van der Waals surface area contributed by atoms with Crippen molar-refractivity contribution < 1.29 is 4.79 Å². The summed E-state index contributed by atoms with van der Waals surface area (Å²) >= 11 is 0. The van der Waals surface area contributed by atoms with E-state index in [1.165, 1.54) is 0 Å². The highest BCUT2D eigenvalue weighted by atomic mass is 16.1. The Bertz CT molecular complexity index is 593. The molecule has 1 aromatic heterocycles. The zero-order valence-electron chi connectivity index (χ0n) is 9.91. The number of imidazole rings is 1. The minimum atomic E-state index is -0.372. The molecule has 0 amide bonds. The lowest BCUT2D eigenvalue weighted by atomic mass is 9.72. The molecule has 0 unspecified atom stereocenters. The smallest absolute Gasteiger partial charge is 0.235 e. The molecule has 4 heteroatoms. The Balaban J connectivity index is 2.15. The van der Waals surface area contributed by atoms with Crippen LogP contribution in [0.15, 0.2) is 48.0 Å². The second-order valence-corrected chi connectivity index (χ2v) is 4.58. The van der Waals surface area contributed by atoms with Crippen molar-refractivity contribution in [3.05, 3.63) is 48.5 Å². The lowest BCUT2D eigenvalue weighted by Crippen LogP contribution is -2.33. The summed E-state index contributed by atoms with van der Waals surface area (Å²) in [6.45, 7) is 0. The monoisotopic (exact) mass is 239 g/mol. The molecule has 1 aliphatic rings. The summed E-state index contributed by atoms with van der Waals surface area (Å²) in [5.74, 6) is 0. The van der Waals surface area contributed by atoms with Gasteiger partial charge in [-0.15, -0.1) is 0 Å². The first-order valence-corrected chi connectivity index (χ1v) is 6.03. The molecule has 1 aromatic carbocycles. The second-order valence-electron chi connectivity index (χ2n) is 4.58. The maximum atomic E-state index is 10.7. The van der Waals surface area contributed by atoms with Crippen LogP contribution in [0.3, 0.4) is 0 Å². The average molecular weight is 239 g/mol.